The van der Waals surface area contributed by atoms with E-state index in [0.717, 1.165) is 31.9 Å². The molecule has 3 rings (SSSR count). The average molecular weight is 458 g/mol. The van der Waals surface area contributed by atoms with E-state index < -0.39 is 10.0 Å². The summed E-state index contributed by atoms with van der Waals surface area (Å²) in [6, 6.07) is 11.0. The van der Waals surface area contributed by atoms with Crippen LogP contribution in [0.2, 0.25) is 10.0 Å². The first-order chi connectivity index (χ1) is 13.8. The van der Waals surface area contributed by atoms with E-state index in [1.807, 2.05) is 12.1 Å². The Morgan fingerprint density at radius 2 is 1.69 bits per heavy atom. The maximum absolute atomic E-state index is 12.6. The van der Waals surface area contributed by atoms with Crippen LogP contribution in [0, 0.1) is 6.92 Å². The lowest BCUT2D eigenvalue weighted by atomic mass is 10.2. The van der Waals surface area contributed by atoms with Gasteiger partial charge >= 0.3 is 0 Å². The summed E-state index contributed by atoms with van der Waals surface area (Å²) in [7, 11) is -2.02. The highest BCUT2D eigenvalue weighted by molar-refractivity contribution is 7.89. The molecule has 0 bridgehead atoms. The van der Waals surface area contributed by atoms with Crippen LogP contribution < -0.4 is 14.4 Å². The standard InChI is InChI=1S/C20H25Cl2N3O3S/c1-15-13-20(19(22)14-18(15)21)29(26,27)23-7-8-24-9-11-25(12-10-24)16-3-5-17(28-2)6-4-16/h3-6,13-14,23H,7-12H2,1-2H3. The van der Waals surface area contributed by atoms with E-state index in [1.54, 1.807) is 14.0 Å². The van der Waals surface area contributed by atoms with Gasteiger partial charge in [0.1, 0.15) is 10.6 Å². The number of hydrogen-bond donors (Lipinski definition) is 1. The second-order valence-electron chi connectivity index (χ2n) is 6.96. The summed E-state index contributed by atoms with van der Waals surface area (Å²) in [4.78, 5) is 4.62. The molecule has 1 fully saturated rings. The highest BCUT2D eigenvalue weighted by atomic mass is 35.5. The third-order valence-electron chi connectivity index (χ3n) is 5.03. The van der Waals surface area contributed by atoms with Crippen molar-refractivity contribution in [3.05, 3.63) is 52.0 Å². The fraction of sp³-hybridized carbons (Fsp3) is 0.400. The highest BCUT2D eigenvalue weighted by Gasteiger charge is 2.21. The van der Waals surface area contributed by atoms with Gasteiger partial charge in [0.2, 0.25) is 10.0 Å². The Balaban J connectivity index is 1.49. The summed E-state index contributed by atoms with van der Waals surface area (Å²) in [5.41, 5.74) is 1.84. The SMILES string of the molecule is COc1ccc(N2CCN(CCNS(=O)(=O)c3cc(C)c(Cl)cc3Cl)CC2)cc1. The van der Waals surface area contributed by atoms with Crippen LogP contribution in [0.1, 0.15) is 5.56 Å². The van der Waals surface area contributed by atoms with Crippen molar-refractivity contribution in [2.45, 2.75) is 11.8 Å². The van der Waals surface area contributed by atoms with Crippen LogP contribution in [0.15, 0.2) is 41.3 Å². The van der Waals surface area contributed by atoms with Gasteiger partial charge in [-0.2, -0.15) is 0 Å². The first kappa shape index (κ1) is 22.2. The molecule has 2 aromatic carbocycles. The minimum atomic E-state index is -3.68. The van der Waals surface area contributed by atoms with Gasteiger partial charge in [-0.3, -0.25) is 4.90 Å². The van der Waals surface area contributed by atoms with Gasteiger partial charge < -0.3 is 9.64 Å². The number of anilines is 1. The second kappa shape index (κ2) is 9.53. The lowest BCUT2D eigenvalue weighted by Crippen LogP contribution is -2.48. The molecule has 0 saturated carbocycles. The number of nitrogens with zero attached hydrogens (tertiary/aromatic N) is 2. The molecular weight excluding hydrogens is 433 g/mol. The number of piperazine rings is 1. The van der Waals surface area contributed by atoms with Gasteiger partial charge in [-0.25, -0.2) is 13.1 Å². The average Bonchev–Trinajstić information content (AvgIpc) is 2.71. The molecule has 1 aliphatic rings. The summed E-state index contributed by atoms with van der Waals surface area (Å²) < 4.78 is 33.0. The van der Waals surface area contributed by atoms with Crippen LogP contribution in [0.4, 0.5) is 5.69 Å². The van der Waals surface area contributed by atoms with Crippen LogP contribution >= 0.6 is 23.2 Å². The predicted octanol–water partition coefficient (Wildman–Crippen LogP) is 3.41. The maximum atomic E-state index is 12.6. The topological polar surface area (TPSA) is 61.9 Å². The van der Waals surface area contributed by atoms with Crippen LogP contribution in [0.25, 0.3) is 0 Å². The highest BCUT2D eigenvalue weighted by Crippen LogP contribution is 2.28. The monoisotopic (exact) mass is 457 g/mol. The molecule has 1 aliphatic heterocycles. The summed E-state index contributed by atoms with van der Waals surface area (Å²) in [6.07, 6.45) is 0. The number of hydrogen-bond acceptors (Lipinski definition) is 5. The lowest BCUT2D eigenvalue weighted by molar-refractivity contribution is 0.262. The van der Waals surface area contributed by atoms with E-state index in [9.17, 15) is 8.42 Å². The van der Waals surface area contributed by atoms with Gasteiger partial charge in [-0.15, -0.1) is 0 Å². The Kier molecular flexibility index (Phi) is 7.29. The summed E-state index contributed by atoms with van der Waals surface area (Å²) in [5, 5.41) is 0.574. The van der Waals surface area contributed by atoms with Crippen LogP contribution in [-0.4, -0.2) is 59.7 Å². The number of methoxy groups -OCH3 is 1. The van der Waals surface area contributed by atoms with Crippen molar-refractivity contribution < 1.29 is 13.2 Å². The number of benzene rings is 2. The van der Waals surface area contributed by atoms with Crippen LogP contribution in [0.5, 0.6) is 5.75 Å². The van der Waals surface area contributed by atoms with E-state index in [4.69, 9.17) is 27.9 Å². The number of aryl methyl sites for hydroxylation is 1. The van der Waals surface area contributed by atoms with E-state index in [0.29, 0.717) is 23.7 Å². The molecule has 0 amide bonds. The minimum Gasteiger partial charge on any atom is -0.497 e. The quantitative estimate of drug-likeness (QED) is 0.689. The second-order valence-corrected chi connectivity index (χ2v) is 9.51. The zero-order valence-electron chi connectivity index (χ0n) is 16.5. The molecular formula is C20H25Cl2N3O3S. The smallest absolute Gasteiger partial charge is 0.242 e. The molecule has 1 N–H and O–H groups in total. The van der Waals surface area contributed by atoms with Crippen molar-refractivity contribution in [3.63, 3.8) is 0 Å². The van der Waals surface area contributed by atoms with Crippen molar-refractivity contribution in [2.75, 3.05) is 51.3 Å². The molecule has 1 saturated heterocycles. The van der Waals surface area contributed by atoms with Crippen molar-refractivity contribution in [1.29, 1.82) is 0 Å². The molecule has 0 unspecified atom stereocenters. The van der Waals surface area contributed by atoms with Crippen LogP contribution in [0.3, 0.4) is 0 Å². The molecule has 0 aromatic heterocycles. The first-order valence-electron chi connectivity index (χ1n) is 9.37. The molecule has 6 nitrogen and oxygen atoms in total. The Morgan fingerprint density at radius 1 is 1.03 bits per heavy atom. The van der Waals surface area contributed by atoms with Crippen LogP contribution in [-0.2, 0) is 10.0 Å². The zero-order chi connectivity index (χ0) is 21.0. The molecule has 0 radical (unpaired) electrons. The lowest BCUT2D eigenvalue weighted by Gasteiger charge is -2.36. The van der Waals surface area contributed by atoms with Gasteiger partial charge in [-0.05, 0) is 48.9 Å². The fourth-order valence-electron chi connectivity index (χ4n) is 3.28. The number of rotatable bonds is 7. The first-order valence-corrected chi connectivity index (χ1v) is 11.6. The summed E-state index contributed by atoms with van der Waals surface area (Å²) >= 11 is 12.1. The molecule has 158 valence electrons. The third kappa shape index (κ3) is 5.55. The van der Waals surface area contributed by atoms with Crippen molar-refractivity contribution in [3.8, 4) is 5.75 Å². The number of sulfonamides is 1. The van der Waals surface area contributed by atoms with E-state index in [1.165, 1.54) is 17.8 Å². The van der Waals surface area contributed by atoms with E-state index in [-0.39, 0.29) is 9.92 Å². The molecule has 0 aliphatic carbocycles. The number of nitrogens with one attached hydrogen (secondary N) is 1. The normalized spacial score (nSPS) is 15.5. The van der Waals surface area contributed by atoms with Gasteiger partial charge in [-0.1, -0.05) is 23.2 Å². The predicted molar refractivity (Wildman–Crippen MR) is 118 cm³/mol. The Hall–Kier alpha value is -1.51. The molecule has 1 heterocycles. The maximum Gasteiger partial charge on any atom is 0.242 e. The Morgan fingerprint density at radius 3 is 2.31 bits per heavy atom. The Labute approximate surface area is 182 Å². The van der Waals surface area contributed by atoms with E-state index >= 15 is 0 Å². The van der Waals surface area contributed by atoms with Gasteiger partial charge in [0, 0.05) is 50.0 Å². The third-order valence-corrected chi connectivity index (χ3v) is 7.37. The van der Waals surface area contributed by atoms with Crippen molar-refractivity contribution >= 4 is 38.9 Å². The van der Waals surface area contributed by atoms with E-state index in [2.05, 4.69) is 26.7 Å². The largest absolute Gasteiger partial charge is 0.497 e. The molecule has 9 heteroatoms. The summed E-state index contributed by atoms with van der Waals surface area (Å²) in [5.74, 6) is 0.843. The minimum absolute atomic E-state index is 0.0605. The molecule has 2 aromatic rings. The number of ether oxygens (including phenoxy) is 1. The number of halogens is 2. The van der Waals surface area contributed by atoms with Crippen molar-refractivity contribution in [1.82, 2.24) is 9.62 Å². The van der Waals surface area contributed by atoms with Gasteiger partial charge in [0.15, 0.2) is 0 Å². The Bertz CT molecular complexity index is 944. The summed E-state index contributed by atoms with van der Waals surface area (Å²) in [6.45, 7) is 6.23. The zero-order valence-corrected chi connectivity index (χ0v) is 18.8. The van der Waals surface area contributed by atoms with Crippen molar-refractivity contribution in [2.24, 2.45) is 0 Å². The van der Waals surface area contributed by atoms with Gasteiger partial charge in [0.05, 0.1) is 12.1 Å². The molecule has 0 spiro atoms. The fourth-order valence-corrected chi connectivity index (χ4v) is 5.13. The molecule has 0 atom stereocenters. The molecule has 29 heavy (non-hydrogen) atoms. The van der Waals surface area contributed by atoms with Gasteiger partial charge in [0.25, 0.3) is 0 Å².